The van der Waals surface area contributed by atoms with Gasteiger partial charge in [0.1, 0.15) is 17.2 Å². The Labute approximate surface area is 186 Å². The van der Waals surface area contributed by atoms with Crippen LogP contribution in [0, 0.1) is 17.6 Å². The van der Waals surface area contributed by atoms with Crippen LogP contribution in [0.25, 0.3) is 11.1 Å². The van der Waals surface area contributed by atoms with E-state index in [1.54, 1.807) is 4.90 Å². The van der Waals surface area contributed by atoms with Gasteiger partial charge >= 0.3 is 12.2 Å². The predicted octanol–water partition coefficient (Wildman–Crippen LogP) is 5.83. The molecule has 2 amide bonds. The number of piperidine rings is 1. The average molecular weight is 446 g/mol. The molecule has 2 aromatic rings. The van der Waals surface area contributed by atoms with E-state index in [4.69, 9.17) is 9.47 Å². The van der Waals surface area contributed by atoms with Crippen molar-refractivity contribution in [1.82, 2.24) is 4.90 Å². The third-order valence-corrected chi connectivity index (χ3v) is 5.09. The van der Waals surface area contributed by atoms with Crippen LogP contribution in [-0.2, 0) is 9.47 Å². The molecule has 2 aromatic carbocycles. The fourth-order valence-corrected chi connectivity index (χ4v) is 3.44. The maximum atomic E-state index is 13.8. The summed E-state index contributed by atoms with van der Waals surface area (Å²) in [6, 6.07) is 9.51. The molecule has 172 valence electrons. The van der Waals surface area contributed by atoms with Crippen LogP contribution in [0.15, 0.2) is 42.5 Å². The highest BCUT2D eigenvalue weighted by atomic mass is 19.1. The molecule has 0 bridgehead atoms. The molecule has 1 aliphatic rings. The van der Waals surface area contributed by atoms with E-state index < -0.39 is 23.3 Å². The maximum absolute atomic E-state index is 13.8. The zero-order valence-electron chi connectivity index (χ0n) is 18.5. The lowest BCUT2D eigenvalue weighted by Gasteiger charge is -2.33. The molecule has 1 N–H and O–H groups in total. The quantitative estimate of drug-likeness (QED) is 0.642. The first kappa shape index (κ1) is 23.5. The molecule has 0 aromatic heterocycles. The molecule has 6 nitrogen and oxygen atoms in total. The summed E-state index contributed by atoms with van der Waals surface area (Å²) in [4.78, 5) is 26.1. The van der Waals surface area contributed by atoms with Crippen molar-refractivity contribution in [2.75, 3.05) is 25.0 Å². The summed E-state index contributed by atoms with van der Waals surface area (Å²) >= 11 is 0. The summed E-state index contributed by atoms with van der Waals surface area (Å²) in [5, 5.41) is 2.64. The number of rotatable bonds is 4. The van der Waals surface area contributed by atoms with E-state index in [9.17, 15) is 18.4 Å². The number of halogens is 2. The first-order chi connectivity index (χ1) is 15.1. The third-order valence-electron chi connectivity index (χ3n) is 5.09. The van der Waals surface area contributed by atoms with Crippen LogP contribution in [-0.4, -0.2) is 42.4 Å². The van der Waals surface area contributed by atoms with E-state index >= 15 is 0 Å². The highest BCUT2D eigenvalue weighted by molar-refractivity contribution is 5.91. The molecule has 1 fully saturated rings. The van der Waals surface area contributed by atoms with Crippen molar-refractivity contribution in [1.29, 1.82) is 0 Å². The Kier molecular flexibility index (Phi) is 7.33. The number of carbonyl (C=O) groups is 2. The van der Waals surface area contributed by atoms with Crippen molar-refractivity contribution in [3.05, 3.63) is 54.1 Å². The van der Waals surface area contributed by atoms with Crippen molar-refractivity contribution in [2.24, 2.45) is 5.92 Å². The standard InChI is InChI=1S/C24H28F2N2O4/c1-24(2,3)32-23(30)28-12-10-16(11-13-28)15-31-22(29)27-21-9-8-19(26)14-20(21)17-4-6-18(25)7-5-17/h4-9,14,16H,10-13,15H2,1-3H3,(H,27,29). The molecule has 0 saturated carbocycles. The van der Waals surface area contributed by atoms with E-state index in [1.165, 1.54) is 42.5 Å². The Hall–Kier alpha value is -3.16. The lowest BCUT2D eigenvalue weighted by Crippen LogP contribution is -2.42. The highest BCUT2D eigenvalue weighted by Gasteiger charge is 2.27. The number of nitrogens with one attached hydrogen (secondary N) is 1. The zero-order chi connectivity index (χ0) is 23.3. The van der Waals surface area contributed by atoms with Crippen LogP contribution in [0.4, 0.5) is 24.1 Å². The number of benzene rings is 2. The Morgan fingerprint density at radius 2 is 1.66 bits per heavy atom. The Morgan fingerprint density at radius 3 is 2.28 bits per heavy atom. The predicted molar refractivity (Wildman–Crippen MR) is 117 cm³/mol. The second-order valence-corrected chi connectivity index (χ2v) is 8.83. The molecule has 0 unspecified atom stereocenters. The van der Waals surface area contributed by atoms with Gasteiger partial charge in [0.25, 0.3) is 0 Å². The van der Waals surface area contributed by atoms with Crippen molar-refractivity contribution in [3.8, 4) is 11.1 Å². The highest BCUT2D eigenvalue weighted by Crippen LogP contribution is 2.29. The van der Waals surface area contributed by atoms with Crippen LogP contribution >= 0.6 is 0 Å². The van der Waals surface area contributed by atoms with Crippen LogP contribution < -0.4 is 5.32 Å². The molecule has 8 heteroatoms. The summed E-state index contributed by atoms with van der Waals surface area (Å²) in [6.07, 6.45) is 0.405. The largest absolute Gasteiger partial charge is 0.449 e. The van der Waals surface area contributed by atoms with Crippen molar-refractivity contribution in [3.63, 3.8) is 0 Å². The van der Waals surface area contributed by atoms with E-state index in [-0.39, 0.29) is 18.6 Å². The number of hydrogen-bond acceptors (Lipinski definition) is 4. The van der Waals surface area contributed by atoms with Gasteiger partial charge < -0.3 is 14.4 Å². The first-order valence-corrected chi connectivity index (χ1v) is 10.6. The number of ether oxygens (including phenoxy) is 2. The fourth-order valence-electron chi connectivity index (χ4n) is 3.44. The number of carbonyl (C=O) groups excluding carboxylic acids is 2. The number of nitrogens with zero attached hydrogens (tertiary/aromatic N) is 1. The number of likely N-dealkylation sites (tertiary alicyclic amines) is 1. The summed E-state index contributed by atoms with van der Waals surface area (Å²) in [5.41, 5.74) is 0.813. The van der Waals surface area contributed by atoms with E-state index in [0.717, 1.165) is 0 Å². The molecule has 0 aliphatic carbocycles. The van der Waals surface area contributed by atoms with Crippen molar-refractivity contribution >= 4 is 17.9 Å². The van der Waals surface area contributed by atoms with Crippen LogP contribution in [0.3, 0.4) is 0 Å². The van der Waals surface area contributed by atoms with Crippen LogP contribution in [0.5, 0.6) is 0 Å². The molecule has 3 rings (SSSR count). The molecule has 1 saturated heterocycles. The molecule has 0 atom stereocenters. The lowest BCUT2D eigenvalue weighted by atomic mass is 9.98. The zero-order valence-corrected chi connectivity index (χ0v) is 18.5. The maximum Gasteiger partial charge on any atom is 0.411 e. The Bertz CT molecular complexity index is 949. The van der Waals surface area contributed by atoms with Gasteiger partial charge in [0, 0.05) is 18.7 Å². The Balaban J connectivity index is 1.52. The van der Waals surface area contributed by atoms with Gasteiger partial charge in [0.15, 0.2) is 0 Å². The topological polar surface area (TPSA) is 67.9 Å². The fraction of sp³-hybridized carbons (Fsp3) is 0.417. The minimum Gasteiger partial charge on any atom is -0.449 e. The molecule has 32 heavy (non-hydrogen) atoms. The monoisotopic (exact) mass is 446 g/mol. The molecule has 1 aliphatic heterocycles. The van der Waals surface area contributed by atoms with E-state index in [1.807, 2.05) is 20.8 Å². The van der Waals surface area contributed by atoms with Gasteiger partial charge in [-0.2, -0.15) is 0 Å². The lowest BCUT2D eigenvalue weighted by molar-refractivity contribution is 0.0153. The van der Waals surface area contributed by atoms with E-state index in [2.05, 4.69) is 5.32 Å². The van der Waals surface area contributed by atoms with Gasteiger partial charge in [-0.25, -0.2) is 18.4 Å². The van der Waals surface area contributed by atoms with Crippen molar-refractivity contribution in [2.45, 2.75) is 39.2 Å². The summed E-state index contributed by atoms with van der Waals surface area (Å²) in [6.45, 7) is 6.77. The SMILES string of the molecule is CC(C)(C)OC(=O)N1CCC(COC(=O)Nc2ccc(F)cc2-c2ccc(F)cc2)CC1. The summed E-state index contributed by atoms with van der Waals surface area (Å²) in [5.74, 6) is -0.749. The average Bonchev–Trinajstić information content (AvgIpc) is 2.73. The van der Waals surface area contributed by atoms with Gasteiger partial charge in [-0.1, -0.05) is 12.1 Å². The van der Waals surface area contributed by atoms with Gasteiger partial charge in [0.2, 0.25) is 0 Å². The van der Waals surface area contributed by atoms with Crippen LogP contribution in [0.1, 0.15) is 33.6 Å². The van der Waals surface area contributed by atoms with Crippen LogP contribution in [0.2, 0.25) is 0 Å². The smallest absolute Gasteiger partial charge is 0.411 e. The minimum atomic E-state index is -0.658. The molecular formula is C24H28F2N2O4. The third kappa shape index (κ3) is 6.67. The second-order valence-electron chi connectivity index (χ2n) is 8.83. The van der Waals surface area contributed by atoms with Crippen molar-refractivity contribution < 1.29 is 27.8 Å². The summed E-state index contributed by atoms with van der Waals surface area (Å²) < 4.78 is 37.7. The number of amides is 2. The van der Waals surface area contributed by atoms with Gasteiger partial charge in [0.05, 0.1) is 12.3 Å². The molecular weight excluding hydrogens is 418 g/mol. The van der Waals surface area contributed by atoms with Gasteiger partial charge in [-0.05, 0) is 75.4 Å². The Morgan fingerprint density at radius 1 is 1.03 bits per heavy atom. The molecule has 0 radical (unpaired) electrons. The molecule has 1 heterocycles. The van der Waals surface area contributed by atoms with E-state index in [0.29, 0.717) is 42.7 Å². The normalized spacial score (nSPS) is 14.7. The minimum absolute atomic E-state index is 0.129. The number of hydrogen-bond donors (Lipinski definition) is 1. The van der Waals surface area contributed by atoms with Gasteiger partial charge in [-0.15, -0.1) is 0 Å². The number of anilines is 1. The first-order valence-electron chi connectivity index (χ1n) is 10.6. The second kappa shape index (κ2) is 9.97. The summed E-state index contributed by atoms with van der Waals surface area (Å²) in [7, 11) is 0. The molecule has 0 spiro atoms. The van der Waals surface area contributed by atoms with Gasteiger partial charge in [-0.3, -0.25) is 5.32 Å².